The highest BCUT2D eigenvalue weighted by molar-refractivity contribution is 5.91. The molecule has 2 rings (SSSR count). The number of aromatic nitrogens is 1. The molecule has 0 fully saturated rings. The molecule has 0 spiro atoms. The van der Waals surface area contributed by atoms with Gasteiger partial charge in [0, 0.05) is 38.6 Å². The van der Waals surface area contributed by atoms with Gasteiger partial charge in [-0.3, -0.25) is 4.79 Å². The molecule has 0 aliphatic rings. The van der Waals surface area contributed by atoms with E-state index >= 15 is 0 Å². The van der Waals surface area contributed by atoms with Crippen LogP contribution >= 0.6 is 0 Å². The molecule has 1 aromatic carbocycles. The molecule has 0 saturated heterocycles. The van der Waals surface area contributed by atoms with Gasteiger partial charge < -0.3 is 10.2 Å². The molecule has 18 heavy (non-hydrogen) atoms. The lowest BCUT2D eigenvalue weighted by atomic mass is 10.1. The first-order valence-corrected chi connectivity index (χ1v) is 5.96. The maximum Gasteiger partial charge on any atom is 0.223 e. The second-order valence-corrected chi connectivity index (χ2v) is 4.35. The summed E-state index contributed by atoms with van der Waals surface area (Å²) in [5.41, 5.74) is 0. The van der Waals surface area contributed by atoms with E-state index in [2.05, 4.69) is 10.3 Å². The molecular weight excluding hydrogens is 226 g/mol. The van der Waals surface area contributed by atoms with E-state index in [0.717, 1.165) is 16.6 Å². The highest BCUT2D eigenvalue weighted by Gasteiger charge is 2.05. The highest BCUT2D eigenvalue weighted by atomic mass is 16.2. The number of hydrogen-bond donors (Lipinski definition) is 1. The Labute approximate surface area is 107 Å². The number of carbonyl (C=O) groups excluding carboxylic acids is 1. The molecule has 0 aliphatic carbocycles. The van der Waals surface area contributed by atoms with E-state index in [4.69, 9.17) is 0 Å². The summed E-state index contributed by atoms with van der Waals surface area (Å²) in [5.74, 6) is 0.947. The van der Waals surface area contributed by atoms with Gasteiger partial charge >= 0.3 is 0 Å². The Balaban J connectivity index is 2.06. The fraction of sp³-hybridized carbons (Fsp3) is 0.286. The minimum Gasteiger partial charge on any atom is -0.369 e. The Bertz CT molecular complexity index is 546. The fourth-order valence-electron chi connectivity index (χ4n) is 1.77. The van der Waals surface area contributed by atoms with Crippen molar-refractivity contribution in [2.24, 2.45) is 0 Å². The van der Waals surface area contributed by atoms with Crippen LogP contribution in [0.4, 0.5) is 5.82 Å². The number of pyridine rings is 1. The predicted molar refractivity (Wildman–Crippen MR) is 73.5 cm³/mol. The van der Waals surface area contributed by atoms with Crippen LogP contribution in [0.3, 0.4) is 0 Å². The van der Waals surface area contributed by atoms with Crippen molar-refractivity contribution in [1.82, 2.24) is 9.88 Å². The second-order valence-electron chi connectivity index (χ2n) is 4.35. The second kappa shape index (κ2) is 5.49. The van der Waals surface area contributed by atoms with E-state index in [0.29, 0.717) is 13.0 Å². The van der Waals surface area contributed by atoms with Crippen molar-refractivity contribution in [2.75, 3.05) is 26.0 Å². The quantitative estimate of drug-likeness (QED) is 0.894. The zero-order chi connectivity index (χ0) is 13.0. The maximum absolute atomic E-state index is 11.5. The largest absolute Gasteiger partial charge is 0.369 e. The Hall–Kier alpha value is -2.10. The van der Waals surface area contributed by atoms with E-state index in [1.807, 2.05) is 30.3 Å². The zero-order valence-electron chi connectivity index (χ0n) is 10.7. The van der Waals surface area contributed by atoms with Crippen LogP contribution in [0.15, 0.2) is 36.5 Å². The van der Waals surface area contributed by atoms with Gasteiger partial charge in [0.05, 0.1) is 0 Å². The van der Waals surface area contributed by atoms with Crippen LogP contribution in [0, 0.1) is 0 Å². The van der Waals surface area contributed by atoms with Gasteiger partial charge in [-0.25, -0.2) is 4.98 Å². The molecule has 0 bridgehead atoms. The smallest absolute Gasteiger partial charge is 0.223 e. The number of hydrogen-bond acceptors (Lipinski definition) is 3. The van der Waals surface area contributed by atoms with Crippen molar-refractivity contribution in [3.05, 3.63) is 36.5 Å². The van der Waals surface area contributed by atoms with Crippen LogP contribution in [0.25, 0.3) is 10.8 Å². The van der Waals surface area contributed by atoms with Gasteiger partial charge in [0.2, 0.25) is 5.91 Å². The topological polar surface area (TPSA) is 45.2 Å². The fourth-order valence-corrected chi connectivity index (χ4v) is 1.77. The molecule has 94 valence electrons. The zero-order valence-corrected chi connectivity index (χ0v) is 10.7. The normalized spacial score (nSPS) is 10.3. The molecule has 4 nitrogen and oxygen atoms in total. The standard InChI is InChI=1S/C14H17N3O/c1-17(2)13(18)8-10-16-14-12-6-4-3-5-11(12)7-9-15-14/h3-7,9H,8,10H2,1-2H3,(H,15,16). The molecule has 0 atom stereocenters. The third kappa shape index (κ3) is 2.77. The van der Waals surface area contributed by atoms with Crippen molar-refractivity contribution in [3.63, 3.8) is 0 Å². The summed E-state index contributed by atoms with van der Waals surface area (Å²) in [5, 5.41) is 5.44. The van der Waals surface area contributed by atoms with Gasteiger partial charge in [-0.05, 0) is 11.5 Å². The lowest BCUT2D eigenvalue weighted by Gasteiger charge is -2.11. The van der Waals surface area contributed by atoms with Crippen LogP contribution < -0.4 is 5.32 Å². The van der Waals surface area contributed by atoms with E-state index in [1.54, 1.807) is 25.2 Å². The van der Waals surface area contributed by atoms with Gasteiger partial charge in [-0.1, -0.05) is 24.3 Å². The van der Waals surface area contributed by atoms with Gasteiger partial charge in [0.1, 0.15) is 5.82 Å². The number of benzene rings is 1. The molecular formula is C14H17N3O. The first-order valence-electron chi connectivity index (χ1n) is 5.96. The minimum absolute atomic E-state index is 0.114. The third-order valence-electron chi connectivity index (χ3n) is 2.80. The molecule has 0 saturated carbocycles. The van der Waals surface area contributed by atoms with Crippen molar-refractivity contribution < 1.29 is 4.79 Å². The first-order chi connectivity index (χ1) is 8.68. The lowest BCUT2D eigenvalue weighted by Crippen LogP contribution is -2.24. The Morgan fingerprint density at radius 3 is 2.83 bits per heavy atom. The van der Waals surface area contributed by atoms with E-state index < -0.39 is 0 Å². The van der Waals surface area contributed by atoms with Gasteiger partial charge in [0.15, 0.2) is 0 Å². The molecule has 0 aliphatic heterocycles. The summed E-state index contributed by atoms with van der Waals surface area (Å²) >= 11 is 0. The van der Waals surface area contributed by atoms with Crippen LogP contribution in [-0.4, -0.2) is 36.4 Å². The highest BCUT2D eigenvalue weighted by Crippen LogP contribution is 2.20. The molecule has 1 heterocycles. The van der Waals surface area contributed by atoms with Crippen molar-refractivity contribution in [2.45, 2.75) is 6.42 Å². The van der Waals surface area contributed by atoms with Crippen molar-refractivity contribution >= 4 is 22.5 Å². The average Bonchev–Trinajstić information content (AvgIpc) is 2.38. The lowest BCUT2D eigenvalue weighted by molar-refractivity contribution is -0.128. The molecule has 0 unspecified atom stereocenters. The summed E-state index contributed by atoms with van der Waals surface area (Å²) in [6.45, 7) is 0.595. The number of nitrogens with one attached hydrogen (secondary N) is 1. The summed E-state index contributed by atoms with van der Waals surface area (Å²) < 4.78 is 0. The van der Waals surface area contributed by atoms with Gasteiger partial charge in [-0.15, -0.1) is 0 Å². The monoisotopic (exact) mass is 243 g/mol. The molecule has 1 aromatic heterocycles. The molecule has 0 radical (unpaired) electrons. The number of anilines is 1. The Morgan fingerprint density at radius 2 is 2.06 bits per heavy atom. The molecule has 1 N–H and O–H groups in total. The Kier molecular flexibility index (Phi) is 3.77. The minimum atomic E-state index is 0.114. The average molecular weight is 243 g/mol. The van der Waals surface area contributed by atoms with E-state index in [-0.39, 0.29) is 5.91 Å². The summed E-state index contributed by atoms with van der Waals surface area (Å²) in [7, 11) is 3.52. The number of fused-ring (bicyclic) bond motifs is 1. The van der Waals surface area contributed by atoms with Crippen molar-refractivity contribution in [1.29, 1.82) is 0 Å². The first kappa shape index (κ1) is 12.4. The van der Waals surface area contributed by atoms with Crippen LogP contribution in [0.2, 0.25) is 0 Å². The van der Waals surface area contributed by atoms with Crippen molar-refractivity contribution in [3.8, 4) is 0 Å². The molecule has 2 aromatic rings. The van der Waals surface area contributed by atoms with Crippen LogP contribution in [-0.2, 0) is 4.79 Å². The van der Waals surface area contributed by atoms with E-state index in [1.165, 1.54) is 0 Å². The number of rotatable bonds is 4. The van der Waals surface area contributed by atoms with Crippen LogP contribution in [0.1, 0.15) is 6.42 Å². The number of carbonyl (C=O) groups is 1. The van der Waals surface area contributed by atoms with Gasteiger partial charge in [-0.2, -0.15) is 0 Å². The Morgan fingerprint density at radius 1 is 1.28 bits per heavy atom. The number of amides is 1. The maximum atomic E-state index is 11.5. The van der Waals surface area contributed by atoms with E-state index in [9.17, 15) is 4.79 Å². The summed E-state index contributed by atoms with van der Waals surface area (Å²) in [6.07, 6.45) is 2.25. The van der Waals surface area contributed by atoms with Crippen LogP contribution in [0.5, 0.6) is 0 Å². The third-order valence-corrected chi connectivity index (χ3v) is 2.80. The predicted octanol–water partition coefficient (Wildman–Crippen LogP) is 2.12. The SMILES string of the molecule is CN(C)C(=O)CCNc1nccc2ccccc12. The summed E-state index contributed by atoms with van der Waals surface area (Å²) in [6, 6.07) is 10.0. The van der Waals surface area contributed by atoms with Gasteiger partial charge in [0.25, 0.3) is 0 Å². The molecule has 4 heteroatoms. The summed E-state index contributed by atoms with van der Waals surface area (Å²) in [4.78, 5) is 17.4. The molecule has 1 amide bonds. The number of nitrogens with zero attached hydrogens (tertiary/aromatic N) is 2.